The van der Waals surface area contributed by atoms with E-state index in [0.717, 1.165) is 31.2 Å². The quantitative estimate of drug-likeness (QED) is 0.386. The third kappa shape index (κ3) is 5.94. The van der Waals surface area contributed by atoms with Gasteiger partial charge in [0.05, 0.1) is 18.7 Å². The second-order valence-corrected chi connectivity index (χ2v) is 8.79. The van der Waals surface area contributed by atoms with Gasteiger partial charge in [-0.15, -0.1) is 0 Å². The number of rotatable bonds is 10. The zero-order valence-electron chi connectivity index (χ0n) is 19.3. The maximum Gasteiger partial charge on any atom is 0.308 e. The summed E-state index contributed by atoms with van der Waals surface area (Å²) in [5, 5.41) is 4.02. The van der Waals surface area contributed by atoms with Crippen LogP contribution in [0.1, 0.15) is 61.1 Å². The fourth-order valence-corrected chi connectivity index (χ4v) is 4.65. The predicted molar refractivity (Wildman–Crippen MR) is 124 cm³/mol. The SMILES string of the molecule is O=CN(OCc1ccccc1)C(CC(=O)N1C=CCCN1C(=O)c1ccco1)CC1CCCC1. The Morgan fingerprint density at radius 3 is 2.65 bits per heavy atom. The van der Waals surface area contributed by atoms with E-state index in [9.17, 15) is 14.4 Å². The lowest BCUT2D eigenvalue weighted by Crippen LogP contribution is -2.50. The van der Waals surface area contributed by atoms with Gasteiger partial charge in [-0.25, -0.2) is 15.1 Å². The summed E-state index contributed by atoms with van der Waals surface area (Å²) in [6, 6.07) is 12.4. The maximum atomic E-state index is 13.4. The molecule has 1 aliphatic carbocycles. The predicted octanol–water partition coefficient (Wildman–Crippen LogP) is 4.31. The van der Waals surface area contributed by atoms with Gasteiger partial charge in [0.15, 0.2) is 5.76 Å². The molecule has 1 unspecified atom stereocenters. The number of carbonyl (C=O) groups is 3. The number of hydrogen-bond donors (Lipinski definition) is 0. The summed E-state index contributed by atoms with van der Waals surface area (Å²) < 4.78 is 5.25. The molecular weight excluding hydrogens is 434 g/mol. The first kappa shape index (κ1) is 23.8. The van der Waals surface area contributed by atoms with Gasteiger partial charge in [-0.05, 0) is 36.5 Å². The van der Waals surface area contributed by atoms with Crippen LogP contribution in [0, 0.1) is 5.92 Å². The highest BCUT2D eigenvalue weighted by atomic mass is 16.7. The molecule has 0 N–H and O–H groups in total. The summed E-state index contributed by atoms with van der Waals surface area (Å²) in [4.78, 5) is 44.2. The molecule has 1 atom stereocenters. The molecular formula is C26H31N3O5. The Hall–Kier alpha value is -3.39. The Morgan fingerprint density at radius 2 is 1.94 bits per heavy atom. The van der Waals surface area contributed by atoms with Gasteiger partial charge in [0.2, 0.25) is 12.3 Å². The number of nitrogens with zero attached hydrogens (tertiary/aromatic N) is 3. The van der Waals surface area contributed by atoms with Crippen molar-refractivity contribution in [1.82, 2.24) is 15.1 Å². The lowest BCUT2D eigenvalue weighted by molar-refractivity contribution is -0.197. The zero-order valence-corrected chi connectivity index (χ0v) is 19.3. The normalized spacial score (nSPS) is 17.1. The molecule has 1 aromatic heterocycles. The first-order valence-corrected chi connectivity index (χ1v) is 11.9. The molecule has 3 amide bonds. The van der Waals surface area contributed by atoms with Crippen LogP contribution in [-0.2, 0) is 21.0 Å². The van der Waals surface area contributed by atoms with E-state index < -0.39 is 6.04 Å². The van der Waals surface area contributed by atoms with Crippen LogP contribution < -0.4 is 0 Å². The van der Waals surface area contributed by atoms with Crippen molar-refractivity contribution < 1.29 is 23.6 Å². The number of hydrazine groups is 1. The van der Waals surface area contributed by atoms with Gasteiger partial charge in [-0.2, -0.15) is 0 Å². The summed E-state index contributed by atoms with van der Waals surface area (Å²) >= 11 is 0. The van der Waals surface area contributed by atoms with Crippen molar-refractivity contribution in [1.29, 1.82) is 0 Å². The summed E-state index contributed by atoms with van der Waals surface area (Å²) in [5.41, 5.74) is 0.939. The van der Waals surface area contributed by atoms with Crippen molar-refractivity contribution in [3.63, 3.8) is 0 Å². The topological polar surface area (TPSA) is 83.3 Å². The van der Waals surface area contributed by atoms with Gasteiger partial charge in [0, 0.05) is 12.7 Å². The minimum atomic E-state index is -0.423. The first-order valence-electron chi connectivity index (χ1n) is 11.9. The van der Waals surface area contributed by atoms with E-state index in [-0.39, 0.29) is 30.6 Å². The number of benzene rings is 1. The highest BCUT2D eigenvalue weighted by molar-refractivity contribution is 5.93. The average molecular weight is 466 g/mol. The van der Waals surface area contributed by atoms with E-state index in [1.54, 1.807) is 18.3 Å². The van der Waals surface area contributed by atoms with Gasteiger partial charge in [0.25, 0.3) is 0 Å². The fourth-order valence-electron chi connectivity index (χ4n) is 4.65. The van der Waals surface area contributed by atoms with Crippen LogP contribution in [0.3, 0.4) is 0 Å². The van der Waals surface area contributed by atoms with Gasteiger partial charge >= 0.3 is 5.91 Å². The molecule has 1 aromatic carbocycles. The molecule has 0 radical (unpaired) electrons. The van der Waals surface area contributed by atoms with E-state index in [1.807, 2.05) is 36.4 Å². The molecule has 8 nitrogen and oxygen atoms in total. The molecule has 2 heterocycles. The minimum absolute atomic E-state index is 0.0519. The highest BCUT2D eigenvalue weighted by Crippen LogP contribution is 2.31. The monoisotopic (exact) mass is 465 g/mol. The molecule has 2 aliphatic rings. The zero-order chi connectivity index (χ0) is 23.8. The van der Waals surface area contributed by atoms with Gasteiger partial charge < -0.3 is 4.42 Å². The summed E-state index contributed by atoms with van der Waals surface area (Å²) in [5.74, 6) is -0.0220. The largest absolute Gasteiger partial charge is 0.459 e. The summed E-state index contributed by atoms with van der Waals surface area (Å²) in [7, 11) is 0. The summed E-state index contributed by atoms with van der Waals surface area (Å²) in [6.07, 6.45) is 11.5. The minimum Gasteiger partial charge on any atom is -0.459 e. The standard InChI is InChI=1S/C26H31N3O5/c30-20-29(34-19-22-11-2-1-3-12-22)23(17-21-9-4-5-10-21)18-25(31)27-14-6-7-15-28(27)26(32)24-13-8-16-33-24/h1-3,6,8,11-14,16,20-21,23H,4-5,7,9-10,15,17-19H2. The molecule has 34 heavy (non-hydrogen) atoms. The van der Waals surface area contributed by atoms with Crippen molar-refractivity contribution in [3.05, 3.63) is 72.3 Å². The van der Waals surface area contributed by atoms with E-state index in [4.69, 9.17) is 9.25 Å². The van der Waals surface area contributed by atoms with E-state index in [0.29, 0.717) is 31.7 Å². The van der Waals surface area contributed by atoms with Crippen LogP contribution in [0.15, 0.2) is 65.4 Å². The second-order valence-electron chi connectivity index (χ2n) is 8.79. The van der Waals surface area contributed by atoms with E-state index in [1.165, 1.54) is 21.3 Å². The van der Waals surface area contributed by atoms with Gasteiger partial charge in [-0.1, -0.05) is 62.1 Å². The number of hydroxylamine groups is 2. The van der Waals surface area contributed by atoms with Crippen LogP contribution in [0.25, 0.3) is 0 Å². The van der Waals surface area contributed by atoms with Crippen LogP contribution in [0.2, 0.25) is 0 Å². The number of hydrogen-bond acceptors (Lipinski definition) is 5. The fraction of sp³-hybridized carbons (Fsp3) is 0.423. The van der Waals surface area contributed by atoms with Gasteiger partial charge in [-0.3, -0.25) is 19.2 Å². The van der Waals surface area contributed by atoms with E-state index in [2.05, 4.69) is 0 Å². The Morgan fingerprint density at radius 1 is 1.15 bits per heavy atom. The number of furan rings is 1. The van der Waals surface area contributed by atoms with Crippen molar-refractivity contribution in [2.24, 2.45) is 5.92 Å². The Kier molecular flexibility index (Phi) is 8.14. The van der Waals surface area contributed by atoms with Crippen molar-refractivity contribution in [2.75, 3.05) is 6.54 Å². The molecule has 1 aliphatic heterocycles. The Labute approximate surface area is 199 Å². The molecule has 0 spiro atoms. The van der Waals surface area contributed by atoms with Crippen molar-refractivity contribution in [2.45, 2.75) is 57.6 Å². The molecule has 180 valence electrons. The van der Waals surface area contributed by atoms with Crippen LogP contribution >= 0.6 is 0 Å². The Bertz CT molecular complexity index is 970. The molecule has 8 heteroatoms. The molecule has 1 fully saturated rings. The lowest BCUT2D eigenvalue weighted by atomic mass is 9.96. The van der Waals surface area contributed by atoms with Gasteiger partial charge in [0.1, 0.15) is 6.61 Å². The van der Waals surface area contributed by atoms with E-state index >= 15 is 0 Å². The highest BCUT2D eigenvalue weighted by Gasteiger charge is 2.33. The third-order valence-corrected chi connectivity index (χ3v) is 6.41. The molecule has 0 saturated heterocycles. The van der Waals surface area contributed by atoms with Crippen LogP contribution in [0.5, 0.6) is 0 Å². The molecule has 2 aromatic rings. The second kappa shape index (κ2) is 11.7. The smallest absolute Gasteiger partial charge is 0.308 e. The van der Waals surface area contributed by atoms with Crippen molar-refractivity contribution in [3.8, 4) is 0 Å². The molecule has 0 bridgehead atoms. The van der Waals surface area contributed by atoms with Crippen LogP contribution in [-0.4, -0.2) is 45.9 Å². The molecule has 1 saturated carbocycles. The summed E-state index contributed by atoms with van der Waals surface area (Å²) in [6.45, 7) is 0.610. The molecule has 4 rings (SSSR count). The number of carbonyl (C=O) groups excluding carboxylic acids is 3. The Balaban J connectivity index is 1.47. The number of amides is 3. The average Bonchev–Trinajstić information content (AvgIpc) is 3.59. The maximum absolute atomic E-state index is 13.4. The lowest BCUT2D eigenvalue weighted by Gasteiger charge is -2.36. The van der Waals surface area contributed by atoms with Crippen LogP contribution in [0.4, 0.5) is 0 Å². The third-order valence-electron chi connectivity index (χ3n) is 6.41. The van der Waals surface area contributed by atoms with Crippen molar-refractivity contribution >= 4 is 18.2 Å². The first-order chi connectivity index (χ1) is 16.7.